The molecule has 1 aromatic rings. The van der Waals surface area contributed by atoms with Gasteiger partial charge in [0.1, 0.15) is 0 Å². The maximum atomic E-state index is 13.4. The molecule has 2 N–H and O–H groups in total. The van der Waals surface area contributed by atoms with Gasteiger partial charge in [0.2, 0.25) is 5.91 Å². The third kappa shape index (κ3) is 5.34. The molecular weight excluding hydrogens is 477 g/mol. The van der Waals surface area contributed by atoms with Gasteiger partial charge >= 0.3 is 6.03 Å². The predicted octanol–water partition coefficient (Wildman–Crippen LogP) is 3.17. The Labute approximate surface area is 210 Å². The molecule has 4 amide bonds. The van der Waals surface area contributed by atoms with Gasteiger partial charge in [-0.1, -0.05) is 35.7 Å². The first-order valence-corrected chi connectivity index (χ1v) is 12.7. The summed E-state index contributed by atoms with van der Waals surface area (Å²) in [5.74, 6) is -0.265. The Kier molecular flexibility index (Phi) is 8.01. The molecule has 34 heavy (non-hydrogen) atoms. The van der Waals surface area contributed by atoms with Crippen LogP contribution in [0.4, 0.5) is 4.79 Å². The number of nitrogens with one attached hydrogen (secondary N) is 2. The zero-order valence-electron chi connectivity index (χ0n) is 19.4. The number of hydrogen-bond donors (Lipinski definition) is 2. The van der Waals surface area contributed by atoms with Gasteiger partial charge in [-0.25, -0.2) is 4.79 Å². The second-order valence-corrected chi connectivity index (χ2v) is 9.73. The number of rotatable bonds is 8. The summed E-state index contributed by atoms with van der Waals surface area (Å²) in [4.78, 5) is 44.1. The average Bonchev–Trinajstić information content (AvgIpc) is 3.14. The van der Waals surface area contributed by atoms with E-state index in [1.54, 1.807) is 28.0 Å². The topological polar surface area (TPSA) is 85.0 Å². The minimum atomic E-state index is -0.661. The molecule has 4 rings (SSSR count). The van der Waals surface area contributed by atoms with Crippen molar-refractivity contribution in [1.29, 1.82) is 0 Å². The third-order valence-electron chi connectivity index (χ3n) is 6.69. The van der Waals surface area contributed by atoms with E-state index in [4.69, 9.17) is 23.2 Å². The van der Waals surface area contributed by atoms with Gasteiger partial charge in [0, 0.05) is 42.6 Å². The molecule has 184 valence electrons. The summed E-state index contributed by atoms with van der Waals surface area (Å²) >= 11 is 12.4. The summed E-state index contributed by atoms with van der Waals surface area (Å²) in [6.07, 6.45) is 3.94. The van der Waals surface area contributed by atoms with Crippen molar-refractivity contribution in [2.75, 3.05) is 45.8 Å². The van der Waals surface area contributed by atoms with E-state index in [2.05, 4.69) is 15.5 Å². The smallest absolute Gasteiger partial charge is 0.322 e. The maximum absolute atomic E-state index is 13.4. The number of amides is 4. The molecule has 0 aliphatic carbocycles. The Balaban J connectivity index is 1.40. The van der Waals surface area contributed by atoms with Gasteiger partial charge in [0.15, 0.2) is 0 Å². The summed E-state index contributed by atoms with van der Waals surface area (Å²) < 4.78 is 0. The minimum absolute atomic E-state index is 0.0754. The van der Waals surface area contributed by atoms with Crippen LogP contribution < -0.4 is 10.6 Å². The van der Waals surface area contributed by atoms with Crippen LogP contribution in [0.2, 0.25) is 10.0 Å². The van der Waals surface area contributed by atoms with Crippen LogP contribution >= 0.6 is 23.2 Å². The molecule has 1 aromatic carbocycles. The van der Waals surface area contributed by atoms with E-state index in [0.29, 0.717) is 40.0 Å². The lowest BCUT2D eigenvalue weighted by molar-refractivity contribution is -0.127. The van der Waals surface area contributed by atoms with Gasteiger partial charge in [-0.3, -0.25) is 14.5 Å². The van der Waals surface area contributed by atoms with Crippen molar-refractivity contribution in [2.24, 2.45) is 0 Å². The number of nitrogens with zero attached hydrogens (tertiary/aromatic N) is 3. The molecule has 0 unspecified atom stereocenters. The van der Waals surface area contributed by atoms with Crippen LogP contribution in [0.5, 0.6) is 0 Å². The summed E-state index contributed by atoms with van der Waals surface area (Å²) in [6.45, 7) is 6.52. The highest BCUT2D eigenvalue weighted by Crippen LogP contribution is 2.39. The van der Waals surface area contributed by atoms with Crippen LogP contribution in [0.1, 0.15) is 44.2 Å². The highest BCUT2D eigenvalue weighted by molar-refractivity contribution is 6.35. The first kappa shape index (κ1) is 24.8. The van der Waals surface area contributed by atoms with E-state index < -0.39 is 6.04 Å². The number of urea groups is 1. The Morgan fingerprint density at radius 1 is 1.15 bits per heavy atom. The molecular formula is C24H31Cl2N5O3. The van der Waals surface area contributed by atoms with E-state index >= 15 is 0 Å². The van der Waals surface area contributed by atoms with Crippen molar-refractivity contribution in [3.63, 3.8) is 0 Å². The van der Waals surface area contributed by atoms with Crippen LogP contribution in [0.3, 0.4) is 0 Å². The summed E-state index contributed by atoms with van der Waals surface area (Å²) in [7, 11) is 0. The fraction of sp³-hybridized carbons (Fsp3) is 0.542. The number of piperidine rings is 1. The molecule has 1 saturated heterocycles. The zero-order chi connectivity index (χ0) is 24.2. The highest BCUT2D eigenvalue weighted by Gasteiger charge is 2.44. The number of carbonyl (C=O) groups excluding carboxylic acids is 3. The van der Waals surface area contributed by atoms with Crippen molar-refractivity contribution in [1.82, 2.24) is 25.3 Å². The Morgan fingerprint density at radius 3 is 2.62 bits per heavy atom. The van der Waals surface area contributed by atoms with Crippen LogP contribution in [0.15, 0.2) is 29.5 Å². The lowest BCUT2D eigenvalue weighted by Crippen LogP contribution is -2.47. The van der Waals surface area contributed by atoms with Gasteiger partial charge in [-0.05, 0) is 50.6 Å². The molecule has 3 aliphatic rings. The maximum Gasteiger partial charge on any atom is 0.322 e. The summed E-state index contributed by atoms with van der Waals surface area (Å²) in [5, 5.41) is 6.74. The molecule has 8 nitrogen and oxygen atoms in total. The van der Waals surface area contributed by atoms with Crippen molar-refractivity contribution < 1.29 is 14.4 Å². The van der Waals surface area contributed by atoms with Crippen molar-refractivity contribution in [3.8, 4) is 0 Å². The zero-order valence-corrected chi connectivity index (χ0v) is 20.9. The van der Waals surface area contributed by atoms with Crippen LogP contribution in [-0.2, 0) is 9.59 Å². The standard InChI is InChI=1S/C24H31Cl2N5O3/c1-2-31-19-15-30(12-8-20(32)27-9-13-29-10-4-3-5-11-29)23(33)21(19)22(28-24(31)34)17-7-6-16(25)14-18(17)26/h6-7,14,22H,2-5,8-13,15H2,1H3,(H,27,32)(H,28,34)/t22-/m1/s1. The number of carbonyl (C=O) groups is 3. The summed E-state index contributed by atoms with van der Waals surface area (Å²) in [5.41, 5.74) is 1.78. The molecule has 0 saturated carbocycles. The second kappa shape index (κ2) is 11.0. The van der Waals surface area contributed by atoms with Gasteiger partial charge in [0.25, 0.3) is 5.91 Å². The van der Waals surface area contributed by atoms with Crippen molar-refractivity contribution in [3.05, 3.63) is 45.1 Å². The molecule has 0 spiro atoms. The normalized spacial score (nSPS) is 21.1. The van der Waals surface area contributed by atoms with Crippen molar-refractivity contribution in [2.45, 2.75) is 38.6 Å². The Bertz CT molecular complexity index is 993. The minimum Gasteiger partial charge on any atom is -0.355 e. The molecule has 10 heteroatoms. The van der Waals surface area contributed by atoms with E-state index in [-0.39, 0.29) is 37.4 Å². The number of halogens is 2. The van der Waals surface area contributed by atoms with Gasteiger partial charge in [-0.15, -0.1) is 0 Å². The van der Waals surface area contributed by atoms with Gasteiger partial charge in [-0.2, -0.15) is 0 Å². The average molecular weight is 508 g/mol. The predicted molar refractivity (Wildman–Crippen MR) is 132 cm³/mol. The third-order valence-corrected chi connectivity index (χ3v) is 7.26. The lowest BCUT2D eigenvalue weighted by atomic mass is 9.95. The SMILES string of the molecule is CCN1C(=O)N[C@H](c2ccc(Cl)cc2Cl)C2=C1CN(CCC(=O)NCCN1CCCCC1)C2=O. The molecule has 3 heterocycles. The van der Waals surface area contributed by atoms with E-state index in [0.717, 1.165) is 19.6 Å². The monoisotopic (exact) mass is 507 g/mol. The lowest BCUT2D eigenvalue weighted by Gasteiger charge is -2.33. The Morgan fingerprint density at radius 2 is 1.91 bits per heavy atom. The van der Waals surface area contributed by atoms with Crippen LogP contribution in [-0.4, -0.2) is 78.4 Å². The molecule has 3 aliphatic heterocycles. The molecule has 0 bridgehead atoms. The quantitative estimate of drug-likeness (QED) is 0.565. The van der Waals surface area contributed by atoms with E-state index in [9.17, 15) is 14.4 Å². The Hall–Kier alpha value is -2.29. The van der Waals surface area contributed by atoms with Gasteiger partial charge in [0.05, 0.1) is 23.9 Å². The van der Waals surface area contributed by atoms with Gasteiger partial charge < -0.3 is 20.4 Å². The number of likely N-dealkylation sites (N-methyl/N-ethyl adjacent to an activating group) is 1. The number of benzene rings is 1. The van der Waals surface area contributed by atoms with Crippen LogP contribution in [0.25, 0.3) is 0 Å². The van der Waals surface area contributed by atoms with Crippen molar-refractivity contribution >= 4 is 41.0 Å². The molecule has 1 atom stereocenters. The molecule has 1 fully saturated rings. The largest absolute Gasteiger partial charge is 0.355 e. The first-order chi connectivity index (χ1) is 16.4. The molecule has 0 radical (unpaired) electrons. The number of hydrogen-bond acceptors (Lipinski definition) is 4. The highest BCUT2D eigenvalue weighted by atomic mass is 35.5. The van der Waals surface area contributed by atoms with E-state index in [1.165, 1.54) is 19.3 Å². The summed E-state index contributed by atoms with van der Waals surface area (Å²) in [6, 6.07) is 4.08. The number of likely N-dealkylation sites (tertiary alicyclic amines) is 1. The fourth-order valence-corrected chi connectivity index (χ4v) is 5.41. The van der Waals surface area contributed by atoms with E-state index in [1.807, 2.05) is 6.92 Å². The van der Waals surface area contributed by atoms with Crippen LogP contribution in [0, 0.1) is 0 Å². The molecule has 0 aromatic heterocycles. The second-order valence-electron chi connectivity index (χ2n) is 8.88. The first-order valence-electron chi connectivity index (χ1n) is 11.9. The fourth-order valence-electron chi connectivity index (χ4n) is 4.89.